The molecule has 1 rings (SSSR count). The number of amides is 1. The Morgan fingerprint density at radius 1 is 1.26 bits per heavy atom. The van der Waals surface area contributed by atoms with Gasteiger partial charge in [-0.1, -0.05) is 19.3 Å². The van der Waals surface area contributed by atoms with Crippen molar-refractivity contribution >= 4 is 23.8 Å². The van der Waals surface area contributed by atoms with Gasteiger partial charge in [0.15, 0.2) is 6.10 Å². The molecule has 1 amide bonds. The summed E-state index contributed by atoms with van der Waals surface area (Å²) < 4.78 is 5.13. The number of aliphatic carboxylic acids is 1. The van der Waals surface area contributed by atoms with Crippen molar-refractivity contribution in [1.82, 2.24) is 5.32 Å². The third-order valence-corrected chi connectivity index (χ3v) is 5.01. The molecule has 23 heavy (non-hydrogen) atoms. The summed E-state index contributed by atoms with van der Waals surface area (Å²) in [6.45, 7) is 5.19. The number of carbonyl (C=O) groups excluding carboxylic acids is 1. The molecule has 0 aromatic heterocycles. The van der Waals surface area contributed by atoms with E-state index >= 15 is 0 Å². The van der Waals surface area contributed by atoms with Gasteiger partial charge in [0.2, 0.25) is 0 Å². The molecular formula is C16H29NO5S. The van der Waals surface area contributed by atoms with Gasteiger partial charge >= 0.3 is 12.1 Å². The van der Waals surface area contributed by atoms with Crippen LogP contribution in [0.1, 0.15) is 52.9 Å². The lowest BCUT2D eigenvalue weighted by atomic mass is 9.91. The number of carbonyl (C=O) groups is 2. The maximum atomic E-state index is 11.8. The molecule has 0 heterocycles. The van der Waals surface area contributed by atoms with Crippen LogP contribution in [-0.4, -0.2) is 51.5 Å². The lowest BCUT2D eigenvalue weighted by Gasteiger charge is -2.26. The molecule has 3 N–H and O–H groups in total. The van der Waals surface area contributed by atoms with E-state index in [0.717, 1.165) is 5.75 Å². The van der Waals surface area contributed by atoms with E-state index in [1.165, 1.54) is 32.1 Å². The van der Waals surface area contributed by atoms with Gasteiger partial charge in [0.25, 0.3) is 0 Å². The highest BCUT2D eigenvalue weighted by Crippen LogP contribution is 2.27. The standard InChI is InChI=1S/C16H29NO5S/c1-16(2,3)22-15(21)17-12(13(18)14(19)20)10-23-9-11-7-5-4-6-8-11/h11-13,18H,4-10H2,1-3H3,(H,17,21)(H,19,20). The average Bonchev–Trinajstić information content (AvgIpc) is 2.44. The van der Waals surface area contributed by atoms with E-state index in [1.807, 2.05) is 0 Å². The smallest absolute Gasteiger partial charge is 0.408 e. The number of aliphatic hydroxyl groups is 1. The Bertz CT molecular complexity index is 390. The first kappa shape index (κ1) is 20.1. The first-order valence-corrected chi connectivity index (χ1v) is 9.32. The number of hydrogen-bond donors (Lipinski definition) is 3. The molecular weight excluding hydrogens is 318 g/mol. The Labute approximate surface area is 142 Å². The van der Waals surface area contributed by atoms with Crippen LogP contribution in [0.4, 0.5) is 4.79 Å². The van der Waals surface area contributed by atoms with E-state index < -0.39 is 29.8 Å². The fraction of sp³-hybridized carbons (Fsp3) is 0.875. The number of carboxylic acids is 1. The molecule has 0 aromatic rings. The zero-order valence-electron chi connectivity index (χ0n) is 14.2. The largest absolute Gasteiger partial charge is 0.479 e. The second-order valence-corrected chi connectivity index (χ2v) is 8.15. The number of carboxylic acid groups (broad SMARTS) is 1. The third kappa shape index (κ3) is 8.46. The Morgan fingerprint density at radius 2 is 1.87 bits per heavy atom. The highest BCUT2D eigenvalue weighted by atomic mass is 32.2. The van der Waals surface area contributed by atoms with Crippen LogP contribution in [0.25, 0.3) is 0 Å². The molecule has 1 aliphatic carbocycles. The fourth-order valence-electron chi connectivity index (χ4n) is 2.56. The summed E-state index contributed by atoms with van der Waals surface area (Å²) in [6, 6.07) is -0.865. The van der Waals surface area contributed by atoms with Crippen LogP contribution in [0.3, 0.4) is 0 Å². The lowest BCUT2D eigenvalue weighted by molar-refractivity contribution is -0.147. The Kier molecular flexibility index (Phi) is 8.19. The van der Waals surface area contributed by atoms with E-state index in [4.69, 9.17) is 9.84 Å². The van der Waals surface area contributed by atoms with Crippen molar-refractivity contribution in [2.45, 2.75) is 70.6 Å². The molecule has 0 radical (unpaired) electrons. The first-order chi connectivity index (χ1) is 10.7. The Morgan fingerprint density at radius 3 is 2.39 bits per heavy atom. The summed E-state index contributed by atoms with van der Waals surface area (Å²) in [5.74, 6) is 0.587. The van der Waals surface area contributed by atoms with Crippen molar-refractivity contribution in [2.24, 2.45) is 5.92 Å². The summed E-state index contributed by atoms with van der Waals surface area (Å²) in [5.41, 5.74) is -0.669. The molecule has 0 saturated heterocycles. The van der Waals surface area contributed by atoms with Crippen molar-refractivity contribution in [3.8, 4) is 0 Å². The van der Waals surface area contributed by atoms with Gasteiger partial charge in [-0.2, -0.15) is 11.8 Å². The average molecular weight is 347 g/mol. The molecule has 1 aliphatic rings. The SMILES string of the molecule is CC(C)(C)OC(=O)NC(CSCC1CCCCC1)C(O)C(=O)O. The van der Waals surface area contributed by atoms with E-state index in [1.54, 1.807) is 32.5 Å². The van der Waals surface area contributed by atoms with Crippen LogP contribution in [0.2, 0.25) is 0 Å². The lowest BCUT2D eigenvalue weighted by Crippen LogP contribution is -2.50. The van der Waals surface area contributed by atoms with Crippen LogP contribution in [0.5, 0.6) is 0 Å². The number of rotatable bonds is 7. The van der Waals surface area contributed by atoms with Crippen molar-refractivity contribution in [3.05, 3.63) is 0 Å². The highest BCUT2D eigenvalue weighted by Gasteiger charge is 2.29. The molecule has 1 saturated carbocycles. The normalized spacial score (nSPS) is 19.0. The zero-order valence-corrected chi connectivity index (χ0v) is 15.0. The van der Waals surface area contributed by atoms with Crippen LogP contribution < -0.4 is 5.32 Å². The van der Waals surface area contributed by atoms with Gasteiger partial charge in [-0.25, -0.2) is 9.59 Å². The van der Waals surface area contributed by atoms with Crippen LogP contribution in [0, 0.1) is 5.92 Å². The predicted molar refractivity (Wildman–Crippen MR) is 90.7 cm³/mol. The second-order valence-electron chi connectivity index (χ2n) is 7.08. The van der Waals surface area contributed by atoms with Gasteiger partial charge in [-0.3, -0.25) is 0 Å². The number of aliphatic hydroxyl groups excluding tert-OH is 1. The maximum Gasteiger partial charge on any atom is 0.408 e. The highest BCUT2D eigenvalue weighted by molar-refractivity contribution is 7.99. The molecule has 0 bridgehead atoms. The van der Waals surface area contributed by atoms with Crippen molar-refractivity contribution in [3.63, 3.8) is 0 Å². The quantitative estimate of drug-likeness (QED) is 0.655. The molecule has 134 valence electrons. The maximum absolute atomic E-state index is 11.8. The molecule has 2 unspecified atom stereocenters. The third-order valence-electron chi connectivity index (χ3n) is 3.71. The number of hydrogen-bond acceptors (Lipinski definition) is 5. The van der Waals surface area contributed by atoms with Gasteiger partial charge in [-0.05, 0) is 45.3 Å². The summed E-state index contributed by atoms with van der Waals surface area (Å²) >= 11 is 1.58. The topological polar surface area (TPSA) is 95.9 Å². The van der Waals surface area contributed by atoms with Crippen molar-refractivity contribution in [2.75, 3.05) is 11.5 Å². The number of thioether (sulfide) groups is 1. The molecule has 2 atom stereocenters. The van der Waals surface area contributed by atoms with E-state index in [-0.39, 0.29) is 0 Å². The predicted octanol–water partition coefficient (Wildman–Crippen LogP) is 2.64. The van der Waals surface area contributed by atoms with Gasteiger partial charge in [0.05, 0.1) is 6.04 Å². The number of ether oxygens (including phenoxy) is 1. The van der Waals surface area contributed by atoms with Gasteiger partial charge in [0, 0.05) is 5.75 Å². The van der Waals surface area contributed by atoms with Gasteiger partial charge in [-0.15, -0.1) is 0 Å². The van der Waals surface area contributed by atoms with Gasteiger partial charge < -0.3 is 20.3 Å². The summed E-state index contributed by atoms with van der Waals surface area (Å²) in [6.07, 6.45) is 3.87. The van der Waals surface area contributed by atoms with Crippen LogP contribution in [0.15, 0.2) is 0 Å². The minimum absolute atomic E-state index is 0.350. The minimum Gasteiger partial charge on any atom is -0.479 e. The van der Waals surface area contributed by atoms with Crippen LogP contribution >= 0.6 is 11.8 Å². The molecule has 1 fully saturated rings. The molecule has 0 aromatic carbocycles. The van der Waals surface area contributed by atoms with E-state index in [9.17, 15) is 14.7 Å². The molecule has 0 spiro atoms. The fourth-order valence-corrected chi connectivity index (χ4v) is 3.88. The van der Waals surface area contributed by atoms with Gasteiger partial charge in [0.1, 0.15) is 5.60 Å². The molecule has 6 nitrogen and oxygen atoms in total. The second kappa shape index (κ2) is 9.37. The van der Waals surface area contributed by atoms with E-state index in [2.05, 4.69) is 5.32 Å². The first-order valence-electron chi connectivity index (χ1n) is 8.17. The monoisotopic (exact) mass is 347 g/mol. The number of nitrogens with one attached hydrogen (secondary N) is 1. The Balaban J connectivity index is 2.48. The molecule has 7 heteroatoms. The minimum atomic E-state index is -1.64. The Hall–Kier alpha value is -0.950. The zero-order chi connectivity index (χ0) is 17.5. The summed E-state index contributed by atoms with van der Waals surface area (Å²) in [4.78, 5) is 22.8. The van der Waals surface area contributed by atoms with Crippen LogP contribution in [-0.2, 0) is 9.53 Å². The number of alkyl carbamates (subject to hydrolysis) is 1. The summed E-state index contributed by atoms with van der Waals surface area (Å²) in [7, 11) is 0. The van der Waals surface area contributed by atoms with Crippen molar-refractivity contribution in [1.29, 1.82) is 0 Å². The van der Waals surface area contributed by atoms with Crippen molar-refractivity contribution < 1.29 is 24.5 Å². The summed E-state index contributed by atoms with van der Waals surface area (Å²) in [5, 5.41) is 21.3. The molecule has 0 aliphatic heterocycles. The van der Waals surface area contributed by atoms with E-state index in [0.29, 0.717) is 11.7 Å².